The number of furan rings is 1. The van der Waals surface area contributed by atoms with Crippen molar-refractivity contribution in [2.45, 2.75) is 49.2 Å². The third kappa shape index (κ3) is 4.30. The summed E-state index contributed by atoms with van der Waals surface area (Å²) in [6, 6.07) is 13.9. The summed E-state index contributed by atoms with van der Waals surface area (Å²) in [5.74, 6) is 2.41. The summed E-state index contributed by atoms with van der Waals surface area (Å²) in [5, 5.41) is 9.32. The van der Waals surface area contributed by atoms with Crippen LogP contribution < -0.4 is 0 Å². The lowest BCUT2D eigenvalue weighted by molar-refractivity contribution is -0.129. The Kier molecular flexibility index (Phi) is 5.52. The highest BCUT2D eigenvalue weighted by molar-refractivity contribution is 8.00. The Morgan fingerprint density at radius 1 is 1.25 bits per heavy atom. The highest BCUT2D eigenvalue weighted by Gasteiger charge is 2.31. The molecule has 0 spiro atoms. The van der Waals surface area contributed by atoms with Crippen LogP contribution in [0.1, 0.15) is 42.8 Å². The Labute approximate surface area is 168 Å². The molecule has 1 fully saturated rings. The lowest BCUT2D eigenvalue weighted by Gasteiger charge is -2.21. The van der Waals surface area contributed by atoms with Crippen molar-refractivity contribution >= 4 is 17.7 Å². The van der Waals surface area contributed by atoms with Crippen molar-refractivity contribution in [1.29, 1.82) is 0 Å². The Hall–Kier alpha value is -2.54. The van der Waals surface area contributed by atoms with Gasteiger partial charge in [0.25, 0.3) is 0 Å². The van der Waals surface area contributed by atoms with Crippen LogP contribution in [0.5, 0.6) is 0 Å². The van der Waals surface area contributed by atoms with Gasteiger partial charge in [0, 0.05) is 19.5 Å². The Bertz CT molecular complexity index is 919. The third-order valence-corrected chi connectivity index (χ3v) is 5.92. The smallest absolute Gasteiger partial charge is 0.235 e. The SMILES string of the molecule is CC(Sc1nnc(C2CC2)n1Cc1ccco1)C(=O)N(C)Cc1ccccc1. The summed E-state index contributed by atoms with van der Waals surface area (Å²) >= 11 is 1.46. The fraction of sp³-hybridized carbons (Fsp3) is 0.381. The van der Waals surface area contributed by atoms with Gasteiger partial charge in [-0.2, -0.15) is 0 Å². The van der Waals surface area contributed by atoms with E-state index in [1.165, 1.54) is 11.8 Å². The molecule has 0 radical (unpaired) electrons. The molecule has 146 valence electrons. The van der Waals surface area contributed by atoms with E-state index in [1.807, 2.05) is 56.4 Å². The first-order valence-corrected chi connectivity index (χ1v) is 10.4. The second-order valence-electron chi connectivity index (χ2n) is 7.22. The lowest BCUT2D eigenvalue weighted by atomic mass is 10.2. The number of amides is 1. The van der Waals surface area contributed by atoms with Gasteiger partial charge in [0.1, 0.15) is 11.6 Å². The predicted octanol–water partition coefficient (Wildman–Crippen LogP) is 3.94. The largest absolute Gasteiger partial charge is 0.467 e. The van der Waals surface area contributed by atoms with E-state index in [-0.39, 0.29) is 11.2 Å². The number of nitrogens with zero attached hydrogens (tertiary/aromatic N) is 4. The van der Waals surface area contributed by atoms with Crippen LogP contribution >= 0.6 is 11.8 Å². The number of carbonyl (C=O) groups excluding carboxylic acids is 1. The minimum atomic E-state index is -0.250. The van der Waals surface area contributed by atoms with E-state index in [0.29, 0.717) is 19.0 Å². The summed E-state index contributed by atoms with van der Waals surface area (Å²) in [4.78, 5) is 14.6. The fourth-order valence-corrected chi connectivity index (χ4v) is 4.16. The molecule has 1 amide bonds. The minimum Gasteiger partial charge on any atom is -0.467 e. The average molecular weight is 397 g/mol. The van der Waals surface area contributed by atoms with Crippen molar-refractivity contribution in [3.8, 4) is 0 Å². The van der Waals surface area contributed by atoms with Gasteiger partial charge < -0.3 is 9.32 Å². The highest BCUT2D eigenvalue weighted by Crippen LogP contribution is 2.40. The molecular weight excluding hydrogens is 372 g/mol. The Balaban J connectivity index is 1.46. The molecule has 1 aliphatic rings. The molecule has 0 saturated heterocycles. The van der Waals surface area contributed by atoms with E-state index < -0.39 is 0 Å². The summed E-state index contributed by atoms with van der Waals surface area (Å²) in [7, 11) is 1.84. The van der Waals surface area contributed by atoms with Crippen LogP contribution in [0.3, 0.4) is 0 Å². The second-order valence-corrected chi connectivity index (χ2v) is 8.53. The average Bonchev–Trinajstić information content (AvgIpc) is 3.28. The van der Waals surface area contributed by atoms with Gasteiger partial charge in [-0.1, -0.05) is 42.1 Å². The first-order chi connectivity index (χ1) is 13.6. The predicted molar refractivity (Wildman–Crippen MR) is 108 cm³/mol. The molecular formula is C21H24N4O2S. The van der Waals surface area contributed by atoms with Crippen LogP contribution in [0.4, 0.5) is 0 Å². The fourth-order valence-electron chi connectivity index (χ4n) is 3.19. The topological polar surface area (TPSA) is 64.2 Å². The van der Waals surface area contributed by atoms with Crippen molar-refractivity contribution in [2.24, 2.45) is 0 Å². The quantitative estimate of drug-likeness (QED) is 0.540. The van der Waals surface area contributed by atoms with Crippen molar-refractivity contribution in [1.82, 2.24) is 19.7 Å². The van der Waals surface area contributed by atoms with E-state index in [1.54, 1.807) is 11.2 Å². The van der Waals surface area contributed by atoms with Crippen LogP contribution in [0.25, 0.3) is 0 Å². The molecule has 1 unspecified atom stereocenters. The highest BCUT2D eigenvalue weighted by atomic mass is 32.2. The first-order valence-electron chi connectivity index (χ1n) is 9.53. The van der Waals surface area contributed by atoms with Gasteiger partial charge in [-0.15, -0.1) is 10.2 Å². The summed E-state index contributed by atoms with van der Waals surface area (Å²) < 4.78 is 7.61. The normalized spacial score (nSPS) is 14.8. The number of carbonyl (C=O) groups is 1. The van der Waals surface area contributed by atoms with Crippen LogP contribution in [0, 0.1) is 0 Å². The second kappa shape index (κ2) is 8.22. The maximum atomic E-state index is 12.9. The van der Waals surface area contributed by atoms with E-state index >= 15 is 0 Å². The summed E-state index contributed by atoms with van der Waals surface area (Å²) in [6.07, 6.45) is 3.97. The maximum absolute atomic E-state index is 12.9. The molecule has 1 saturated carbocycles. The summed E-state index contributed by atoms with van der Waals surface area (Å²) in [5.41, 5.74) is 1.12. The number of rotatable bonds is 8. The molecule has 1 aliphatic carbocycles. The molecule has 3 aromatic rings. The molecule has 2 heterocycles. The molecule has 4 rings (SSSR count). The van der Waals surface area contributed by atoms with E-state index in [4.69, 9.17) is 4.42 Å². The van der Waals surface area contributed by atoms with Gasteiger partial charge in [-0.3, -0.25) is 9.36 Å². The first kappa shape index (κ1) is 18.8. The van der Waals surface area contributed by atoms with Gasteiger partial charge in [0.2, 0.25) is 5.91 Å². The number of thioether (sulfide) groups is 1. The molecule has 0 N–H and O–H groups in total. The molecule has 6 nitrogen and oxygen atoms in total. The van der Waals surface area contributed by atoms with E-state index in [9.17, 15) is 4.79 Å². The third-order valence-electron chi connectivity index (χ3n) is 4.85. The van der Waals surface area contributed by atoms with Crippen molar-refractivity contribution in [3.05, 3.63) is 65.9 Å². The zero-order valence-corrected chi connectivity index (χ0v) is 16.9. The van der Waals surface area contributed by atoms with E-state index in [0.717, 1.165) is 35.1 Å². The zero-order chi connectivity index (χ0) is 19.5. The standard InChI is InChI=1S/C21H24N4O2S/c1-15(20(26)24(2)13-16-7-4-3-5-8-16)28-21-23-22-19(17-10-11-17)25(21)14-18-9-6-12-27-18/h3-9,12,15,17H,10-11,13-14H2,1-2H3. The van der Waals surface area contributed by atoms with Crippen LogP contribution in [-0.2, 0) is 17.9 Å². The van der Waals surface area contributed by atoms with Crippen molar-refractivity contribution in [2.75, 3.05) is 7.05 Å². The molecule has 1 atom stereocenters. The van der Waals surface area contributed by atoms with E-state index in [2.05, 4.69) is 14.8 Å². The molecule has 0 aliphatic heterocycles. The minimum absolute atomic E-state index is 0.0781. The number of aromatic nitrogens is 3. The Morgan fingerprint density at radius 2 is 2.04 bits per heavy atom. The Morgan fingerprint density at radius 3 is 2.71 bits per heavy atom. The van der Waals surface area contributed by atoms with Gasteiger partial charge in [-0.05, 0) is 37.5 Å². The molecule has 28 heavy (non-hydrogen) atoms. The van der Waals surface area contributed by atoms with Gasteiger partial charge in [0.05, 0.1) is 18.1 Å². The van der Waals surface area contributed by atoms with Gasteiger partial charge in [-0.25, -0.2) is 0 Å². The van der Waals surface area contributed by atoms with Crippen molar-refractivity contribution in [3.63, 3.8) is 0 Å². The number of hydrogen-bond acceptors (Lipinski definition) is 5. The molecule has 1 aromatic carbocycles. The molecule has 7 heteroatoms. The van der Waals surface area contributed by atoms with Crippen LogP contribution in [0.2, 0.25) is 0 Å². The lowest BCUT2D eigenvalue weighted by Crippen LogP contribution is -2.33. The maximum Gasteiger partial charge on any atom is 0.235 e. The van der Waals surface area contributed by atoms with Crippen LogP contribution in [0.15, 0.2) is 58.3 Å². The molecule has 0 bridgehead atoms. The zero-order valence-electron chi connectivity index (χ0n) is 16.1. The monoisotopic (exact) mass is 396 g/mol. The van der Waals surface area contributed by atoms with Crippen LogP contribution in [-0.4, -0.2) is 37.9 Å². The summed E-state index contributed by atoms with van der Waals surface area (Å²) in [6.45, 7) is 3.11. The number of hydrogen-bond donors (Lipinski definition) is 0. The molecule has 2 aromatic heterocycles. The van der Waals surface area contributed by atoms with Crippen molar-refractivity contribution < 1.29 is 9.21 Å². The van der Waals surface area contributed by atoms with Gasteiger partial charge >= 0.3 is 0 Å². The van der Waals surface area contributed by atoms with Gasteiger partial charge in [0.15, 0.2) is 5.16 Å². The number of benzene rings is 1.